The van der Waals surface area contributed by atoms with Crippen LogP contribution in [0.25, 0.3) is 11.5 Å². The first kappa shape index (κ1) is 23.0. The van der Waals surface area contributed by atoms with E-state index in [1.807, 2.05) is 43.3 Å². The highest BCUT2D eigenvalue weighted by Crippen LogP contribution is 2.33. The van der Waals surface area contributed by atoms with Crippen LogP contribution in [0.4, 0.5) is 0 Å². The highest BCUT2D eigenvalue weighted by atomic mass is 79.9. The Hall–Kier alpha value is -3.78. The van der Waals surface area contributed by atoms with Crippen LogP contribution in [0.15, 0.2) is 86.8 Å². The summed E-state index contributed by atoms with van der Waals surface area (Å²) < 4.78 is 12.2. The average molecular weight is 531 g/mol. The molecule has 7 nitrogen and oxygen atoms in total. The van der Waals surface area contributed by atoms with Crippen LogP contribution in [-0.2, 0) is 4.79 Å². The number of hydrazone groups is 1. The monoisotopic (exact) mass is 530 g/mol. The van der Waals surface area contributed by atoms with E-state index in [1.54, 1.807) is 24.1 Å². The number of hydrogen-bond donors (Lipinski definition) is 0. The summed E-state index contributed by atoms with van der Waals surface area (Å²) in [5.74, 6) is 1.31. The first-order valence-electron chi connectivity index (χ1n) is 11.2. The lowest BCUT2D eigenvalue weighted by Crippen LogP contribution is -2.31. The van der Waals surface area contributed by atoms with Gasteiger partial charge in [0.1, 0.15) is 5.75 Å². The summed E-state index contributed by atoms with van der Waals surface area (Å²) in [5.41, 5.74) is 4.86. The average Bonchev–Trinajstić information content (AvgIpc) is 3.51. The van der Waals surface area contributed by atoms with Crippen LogP contribution in [0, 0.1) is 13.8 Å². The molecule has 176 valence electrons. The number of aryl methyl sites for hydroxylation is 2. The van der Waals surface area contributed by atoms with Gasteiger partial charge >= 0.3 is 0 Å². The fourth-order valence-corrected chi connectivity index (χ4v) is 4.19. The minimum absolute atomic E-state index is 0.126. The van der Waals surface area contributed by atoms with Crippen molar-refractivity contribution in [2.75, 3.05) is 6.61 Å². The van der Waals surface area contributed by atoms with Crippen LogP contribution in [0.1, 0.15) is 35.0 Å². The predicted octanol–water partition coefficient (Wildman–Crippen LogP) is 5.87. The molecule has 0 spiro atoms. The SMILES string of the molecule is Cc1ccc(C2CC(c3ccc(Br)cc3)=NN2C(=O)COc2ccc(-c3nnc(C)o3)cc2)cc1. The van der Waals surface area contributed by atoms with Crippen LogP contribution >= 0.6 is 15.9 Å². The van der Waals surface area contributed by atoms with Crippen LogP contribution < -0.4 is 4.74 Å². The van der Waals surface area contributed by atoms with Gasteiger partial charge in [-0.3, -0.25) is 4.79 Å². The van der Waals surface area contributed by atoms with Crippen molar-refractivity contribution < 1.29 is 13.9 Å². The second kappa shape index (κ2) is 9.84. The maximum Gasteiger partial charge on any atom is 0.281 e. The Labute approximate surface area is 211 Å². The molecule has 35 heavy (non-hydrogen) atoms. The molecule has 0 saturated carbocycles. The molecular formula is C27H23BrN4O3. The van der Waals surface area contributed by atoms with Crippen LogP contribution in [-0.4, -0.2) is 33.4 Å². The van der Waals surface area contributed by atoms with Crippen molar-refractivity contribution in [3.8, 4) is 17.2 Å². The minimum Gasteiger partial charge on any atom is -0.484 e. The Morgan fingerprint density at radius 2 is 1.66 bits per heavy atom. The van der Waals surface area contributed by atoms with Crippen LogP contribution in [0.3, 0.4) is 0 Å². The van der Waals surface area contributed by atoms with Crippen molar-refractivity contribution in [2.45, 2.75) is 26.3 Å². The van der Waals surface area contributed by atoms with Gasteiger partial charge in [-0.05, 0) is 54.4 Å². The molecular weight excluding hydrogens is 508 g/mol. The van der Waals surface area contributed by atoms with Gasteiger partial charge in [0, 0.05) is 23.4 Å². The third-order valence-electron chi connectivity index (χ3n) is 5.80. The predicted molar refractivity (Wildman–Crippen MR) is 136 cm³/mol. The number of carbonyl (C=O) groups excluding carboxylic acids is 1. The number of rotatable bonds is 6. The normalized spacial score (nSPS) is 15.2. The van der Waals surface area contributed by atoms with E-state index in [4.69, 9.17) is 14.3 Å². The molecule has 1 aliphatic rings. The lowest BCUT2D eigenvalue weighted by atomic mass is 9.98. The number of aromatic nitrogens is 2. The zero-order chi connectivity index (χ0) is 24.4. The number of ether oxygens (including phenoxy) is 1. The smallest absolute Gasteiger partial charge is 0.281 e. The summed E-state index contributed by atoms with van der Waals surface area (Å²) in [6.45, 7) is 3.66. The molecule has 1 amide bonds. The van der Waals surface area contributed by atoms with Gasteiger partial charge in [0.05, 0.1) is 11.8 Å². The Morgan fingerprint density at radius 3 is 2.31 bits per heavy atom. The molecule has 1 aliphatic heterocycles. The maximum atomic E-state index is 13.2. The molecule has 1 aromatic heterocycles. The van der Waals surface area contributed by atoms with Gasteiger partial charge in [-0.15, -0.1) is 10.2 Å². The number of amides is 1. The Balaban J connectivity index is 1.33. The van der Waals surface area contributed by atoms with E-state index in [2.05, 4.69) is 50.4 Å². The highest BCUT2D eigenvalue weighted by Gasteiger charge is 2.33. The lowest BCUT2D eigenvalue weighted by Gasteiger charge is -2.22. The van der Waals surface area contributed by atoms with Crippen molar-refractivity contribution in [2.24, 2.45) is 5.10 Å². The third-order valence-corrected chi connectivity index (χ3v) is 6.32. The van der Waals surface area contributed by atoms with Gasteiger partial charge in [-0.1, -0.05) is 57.9 Å². The van der Waals surface area contributed by atoms with Crippen molar-refractivity contribution in [3.63, 3.8) is 0 Å². The standard InChI is InChI=1S/C27H23BrN4O3/c1-17-3-5-20(6-4-17)25-15-24(19-7-11-22(28)12-8-19)31-32(25)26(33)16-34-23-13-9-21(10-14-23)27-30-29-18(2)35-27/h3-14,25H,15-16H2,1-2H3. The zero-order valence-corrected chi connectivity index (χ0v) is 20.9. The molecule has 0 saturated heterocycles. The van der Waals surface area contributed by atoms with E-state index >= 15 is 0 Å². The van der Waals surface area contributed by atoms with Crippen LogP contribution in [0.2, 0.25) is 0 Å². The van der Waals surface area contributed by atoms with Crippen molar-refractivity contribution in [3.05, 3.63) is 99.9 Å². The number of carbonyl (C=O) groups is 1. The number of nitrogens with zero attached hydrogens (tertiary/aromatic N) is 4. The quantitative estimate of drug-likeness (QED) is 0.311. The maximum absolute atomic E-state index is 13.2. The van der Waals surface area contributed by atoms with Crippen LogP contribution in [0.5, 0.6) is 5.75 Å². The molecule has 0 aliphatic carbocycles. The Kier molecular flexibility index (Phi) is 6.46. The minimum atomic E-state index is -0.209. The molecule has 5 rings (SSSR count). The number of benzene rings is 3. The van der Waals surface area contributed by atoms with E-state index in [9.17, 15) is 4.79 Å². The van der Waals surface area contributed by atoms with E-state index in [0.717, 1.165) is 26.9 Å². The van der Waals surface area contributed by atoms with E-state index in [1.165, 1.54) is 5.56 Å². The summed E-state index contributed by atoms with van der Waals surface area (Å²) in [4.78, 5) is 13.2. The summed E-state index contributed by atoms with van der Waals surface area (Å²) in [5, 5.41) is 14.1. The number of halogens is 1. The van der Waals surface area contributed by atoms with Crippen molar-refractivity contribution >= 4 is 27.5 Å². The number of hydrogen-bond acceptors (Lipinski definition) is 6. The molecule has 0 bridgehead atoms. The Bertz CT molecular complexity index is 1360. The summed E-state index contributed by atoms with van der Waals surface area (Å²) in [6, 6.07) is 23.2. The second-order valence-corrected chi connectivity index (χ2v) is 9.28. The molecule has 4 aromatic rings. The second-order valence-electron chi connectivity index (χ2n) is 8.36. The highest BCUT2D eigenvalue weighted by molar-refractivity contribution is 9.10. The lowest BCUT2D eigenvalue weighted by molar-refractivity contribution is -0.135. The Morgan fingerprint density at radius 1 is 0.971 bits per heavy atom. The molecule has 1 unspecified atom stereocenters. The van der Waals surface area contributed by atoms with E-state index in [-0.39, 0.29) is 18.6 Å². The molecule has 1 atom stereocenters. The van der Waals surface area contributed by atoms with Gasteiger partial charge in [-0.2, -0.15) is 5.10 Å². The molecule has 8 heteroatoms. The third kappa shape index (κ3) is 5.17. The largest absolute Gasteiger partial charge is 0.484 e. The topological polar surface area (TPSA) is 80.8 Å². The zero-order valence-electron chi connectivity index (χ0n) is 19.3. The summed E-state index contributed by atoms with van der Waals surface area (Å²) in [7, 11) is 0. The van der Waals surface area contributed by atoms with Crippen molar-refractivity contribution in [1.82, 2.24) is 15.2 Å². The molecule has 0 N–H and O–H groups in total. The first-order valence-corrected chi connectivity index (χ1v) is 12.0. The fourth-order valence-electron chi connectivity index (χ4n) is 3.92. The molecule has 2 heterocycles. The molecule has 0 radical (unpaired) electrons. The van der Waals surface area contributed by atoms with Gasteiger partial charge in [0.2, 0.25) is 11.8 Å². The van der Waals surface area contributed by atoms with Gasteiger partial charge in [0.25, 0.3) is 5.91 Å². The van der Waals surface area contributed by atoms with Crippen molar-refractivity contribution in [1.29, 1.82) is 0 Å². The van der Waals surface area contributed by atoms with Gasteiger partial charge in [-0.25, -0.2) is 5.01 Å². The first-order chi connectivity index (χ1) is 17.0. The van der Waals surface area contributed by atoms with E-state index in [0.29, 0.717) is 24.0 Å². The molecule has 0 fully saturated rings. The summed E-state index contributed by atoms with van der Waals surface area (Å²) >= 11 is 3.47. The van der Waals surface area contributed by atoms with Gasteiger partial charge in [0.15, 0.2) is 6.61 Å². The van der Waals surface area contributed by atoms with Gasteiger partial charge < -0.3 is 9.15 Å². The van der Waals surface area contributed by atoms with E-state index < -0.39 is 0 Å². The molecule has 3 aromatic carbocycles. The fraction of sp³-hybridized carbons (Fsp3) is 0.185. The summed E-state index contributed by atoms with van der Waals surface area (Å²) in [6.07, 6.45) is 0.634.